The molecule has 0 radical (unpaired) electrons. The van der Waals surface area contributed by atoms with Gasteiger partial charge in [0.2, 0.25) is 5.91 Å². The molecule has 1 amide bonds. The molecule has 0 bridgehead atoms. The molecule has 0 aromatic heterocycles. The van der Waals surface area contributed by atoms with Crippen molar-refractivity contribution in [2.75, 3.05) is 0 Å². The van der Waals surface area contributed by atoms with Gasteiger partial charge in [0, 0.05) is 12.8 Å². The van der Waals surface area contributed by atoms with Crippen molar-refractivity contribution in [3.8, 4) is 0 Å². The summed E-state index contributed by atoms with van der Waals surface area (Å²) in [6.45, 7) is 0. The fourth-order valence-corrected chi connectivity index (χ4v) is 3.04. The number of halogens is 3. The molecule has 24 heavy (non-hydrogen) atoms. The molecule has 7 heteroatoms. The molecule has 1 aromatic rings. The molecule has 1 atom stereocenters. The zero-order valence-corrected chi connectivity index (χ0v) is 13.1. The van der Waals surface area contributed by atoms with Gasteiger partial charge in [-0.15, -0.1) is 0 Å². The lowest BCUT2D eigenvalue weighted by Gasteiger charge is -2.17. The van der Waals surface area contributed by atoms with E-state index in [1.165, 1.54) is 12.1 Å². The molecule has 2 N–H and O–H groups in total. The lowest BCUT2D eigenvalue weighted by atomic mass is 10.0. The molecule has 132 valence electrons. The number of carbonyl (C=O) groups is 2. The topological polar surface area (TPSA) is 66.4 Å². The Kier molecular flexibility index (Phi) is 5.85. The first kappa shape index (κ1) is 18.3. The second-order valence-corrected chi connectivity index (χ2v) is 6.22. The molecule has 0 saturated heterocycles. The van der Waals surface area contributed by atoms with E-state index in [0.29, 0.717) is 0 Å². The highest BCUT2D eigenvalue weighted by atomic mass is 19.4. The summed E-state index contributed by atoms with van der Waals surface area (Å²) in [5, 5.41) is 11.7. The maximum absolute atomic E-state index is 12.7. The van der Waals surface area contributed by atoms with Crippen molar-refractivity contribution in [3.05, 3.63) is 35.4 Å². The average Bonchev–Trinajstić information content (AvgIpc) is 2.98. The first-order valence-corrected chi connectivity index (χ1v) is 7.94. The van der Waals surface area contributed by atoms with Crippen LogP contribution in [0.25, 0.3) is 0 Å². The smallest absolute Gasteiger partial charge is 0.416 e. The van der Waals surface area contributed by atoms with Crippen molar-refractivity contribution in [2.24, 2.45) is 5.92 Å². The first-order chi connectivity index (χ1) is 11.3. The molecule has 0 heterocycles. The Balaban J connectivity index is 2.00. The fraction of sp³-hybridized carbons (Fsp3) is 0.529. The second kappa shape index (κ2) is 7.68. The first-order valence-electron chi connectivity index (χ1n) is 7.94. The van der Waals surface area contributed by atoms with Gasteiger partial charge in [-0.25, -0.2) is 4.79 Å². The number of amides is 1. The summed E-state index contributed by atoms with van der Waals surface area (Å²) < 4.78 is 38.1. The van der Waals surface area contributed by atoms with Crippen LogP contribution in [0.4, 0.5) is 13.2 Å². The van der Waals surface area contributed by atoms with Gasteiger partial charge in [-0.05, 0) is 30.4 Å². The van der Waals surface area contributed by atoms with Gasteiger partial charge in [-0.3, -0.25) is 4.79 Å². The van der Waals surface area contributed by atoms with Gasteiger partial charge in [0.25, 0.3) is 0 Å². The number of alkyl halides is 3. The van der Waals surface area contributed by atoms with Crippen LogP contribution in [0, 0.1) is 5.92 Å². The molecular formula is C17H20F3NO3. The highest BCUT2D eigenvalue weighted by molar-refractivity contribution is 5.83. The maximum atomic E-state index is 12.7. The number of carbonyl (C=O) groups excluding carboxylic acids is 1. The van der Waals surface area contributed by atoms with Gasteiger partial charge in [-0.1, -0.05) is 31.0 Å². The van der Waals surface area contributed by atoms with Gasteiger partial charge in [-0.2, -0.15) is 13.2 Å². The minimum absolute atomic E-state index is 0.185. The van der Waals surface area contributed by atoms with Crippen LogP contribution in [0.2, 0.25) is 0 Å². The third kappa shape index (κ3) is 5.25. The van der Waals surface area contributed by atoms with E-state index in [0.717, 1.165) is 37.8 Å². The van der Waals surface area contributed by atoms with Gasteiger partial charge < -0.3 is 10.4 Å². The molecule has 2 rings (SSSR count). The van der Waals surface area contributed by atoms with Crippen LogP contribution in [-0.4, -0.2) is 23.0 Å². The van der Waals surface area contributed by atoms with Crippen LogP contribution >= 0.6 is 0 Å². The van der Waals surface area contributed by atoms with Crippen molar-refractivity contribution in [1.82, 2.24) is 5.32 Å². The zero-order valence-electron chi connectivity index (χ0n) is 13.1. The normalized spacial score (nSPS) is 16.8. The predicted molar refractivity (Wildman–Crippen MR) is 81.3 cm³/mol. The van der Waals surface area contributed by atoms with Crippen molar-refractivity contribution >= 4 is 11.9 Å². The Morgan fingerprint density at radius 3 is 2.50 bits per heavy atom. The van der Waals surface area contributed by atoms with Gasteiger partial charge in [0.05, 0.1) is 5.56 Å². The Bertz CT molecular complexity index is 595. The lowest BCUT2D eigenvalue weighted by molar-refractivity contribution is -0.141. The van der Waals surface area contributed by atoms with Crippen molar-refractivity contribution in [1.29, 1.82) is 0 Å². The molecule has 0 spiro atoms. The summed E-state index contributed by atoms with van der Waals surface area (Å²) in [6, 6.07) is 3.27. The Hall–Kier alpha value is -2.05. The molecule has 1 aromatic carbocycles. The number of carboxylic acid groups (broad SMARTS) is 1. The molecule has 0 aliphatic heterocycles. The Labute approximate surface area is 138 Å². The Morgan fingerprint density at radius 1 is 1.25 bits per heavy atom. The van der Waals surface area contributed by atoms with E-state index in [-0.39, 0.29) is 30.2 Å². The average molecular weight is 343 g/mol. The number of rotatable bonds is 6. The predicted octanol–water partition coefficient (Wildman–Crippen LogP) is 3.40. The number of benzene rings is 1. The monoisotopic (exact) mass is 343 g/mol. The van der Waals surface area contributed by atoms with Crippen molar-refractivity contribution in [2.45, 2.75) is 50.7 Å². The summed E-state index contributed by atoms with van der Waals surface area (Å²) in [7, 11) is 0. The van der Waals surface area contributed by atoms with Crippen molar-refractivity contribution < 1.29 is 27.9 Å². The summed E-state index contributed by atoms with van der Waals surface area (Å²) in [5.74, 6) is -1.35. The van der Waals surface area contributed by atoms with E-state index in [1.807, 2.05) is 0 Å². The van der Waals surface area contributed by atoms with Crippen LogP contribution in [0.3, 0.4) is 0 Å². The van der Waals surface area contributed by atoms with Crippen molar-refractivity contribution in [3.63, 3.8) is 0 Å². The fourth-order valence-electron chi connectivity index (χ4n) is 3.04. The van der Waals surface area contributed by atoms with E-state index in [4.69, 9.17) is 0 Å². The minimum Gasteiger partial charge on any atom is -0.480 e. The number of nitrogens with one attached hydrogen (secondary N) is 1. The number of carboxylic acids is 1. The SMILES string of the molecule is O=C(CC1CCCC1)N[C@H](Cc1cccc(C(F)(F)F)c1)C(=O)O. The summed E-state index contributed by atoms with van der Waals surface area (Å²) in [6.07, 6.45) is -0.338. The molecule has 0 unspecified atom stereocenters. The van der Waals surface area contributed by atoms with E-state index >= 15 is 0 Å². The van der Waals surface area contributed by atoms with E-state index in [1.54, 1.807) is 0 Å². The van der Waals surface area contributed by atoms with Crippen LogP contribution in [-0.2, 0) is 22.2 Å². The van der Waals surface area contributed by atoms with Crippen LogP contribution < -0.4 is 5.32 Å². The standard InChI is InChI=1S/C17H20F3NO3/c18-17(19,20)13-7-3-6-12(8-13)9-14(16(23)24)21-15(22)10-11-4-1-2-5-11/h3,6-8,11,14H,1-2,4-5,9-10H2,(H,21,22)(H,23,24)/t14-/m1/s1. The highest BCUT2D eigenvalue weighted by Gasteiger charge is 2.31. The summed E-state index contributed by atoms with van der Waals surface area (Å²) >= 11 is 0. The molecule has 1 aliphatic rings. The lowest BCUT2D eigenvalue weighted by Crippen LogP contribution is -2.42. The number of hydrogen-bond donors (Lipinski definition) is 2. The molecule has 1 aliphatic carbocycles. The summed E-state index contributed by atoms with van der Waals surface area (Å²) in [5.41, 5.74) is -0.611. The van der Waals surface area contributed by atoms with Crippen LogP contribution in [0.1, 0.15) is 43.2 Å². The maximum Gasteiger partial charge on any atom is 0.416 e. The third-order valence-corrected chi connectivity index (χ3v) is 4.28. The molecular weight excluding hydrogens is 323 g/mol. The highest BCUT2D eigenvalue weighted by Crippen LogP contribution is 2.30. The largest absolute Gasteiger partial charge is 0.480 e. The van der Waals surface area contributed by atoms with E-state index in [2.05, 4.69) is 5.32 Å². The van der Waals surface area contributed by atoms with E-state index in [9.17, 15) is 27.9 Å². The molecule has 4 nitrogen and oxygen atoms in total. The van der Waals surface area contributed by atoms with Crippen LogP contribution in [0.15, 0.2) is 24.3 Å². The second-order valence-electron chi connectivity index (χ2n) is 6.22. The molecule has 1 fully saturated rings. The number of aliphatic carboxylic acids is 1. The number of hydrogen-bond acceptors (Lipinski definition) is 2. The quantitative estimate of drug-likeness (QED) is 0.832. The van der Waals surface area contributed by atoms with Gasteiger partial charge in [0.1, 0.15) is 6.04 Å². The van der Waals surface area contributed by atoms with Gasteiger partial charge in [0.15, 0.2) is 0 Å². The zero-order chi connectivity index (χ0) is 17.7. The molecule has 1 saturated carbocycles. The van der Waals surface area contributed by atoms with Gasteiger partial charge >= 0.3 is 12.1 Å². The Morgan fingerprint density at radius 2 is 1.92 bits per heavy atom. The minimum atomic E-state index is -4.49. The van der Waals surface area contributed by atoms with Crippen LogP contribution in [0.5, 0.6) is 0 Å². The summed E-state index contributed by atoms with van der Waals surface area (Å²) in [4.78, 5) is 23.3. The third-order valence-electron chi connectivity index (χ3n) is 4.28. The van der Waals surface area contributed by atoms with E-state index < -0.39 is 23.8 Å².